The maximum Gasteiger partial charge on any atom is 0.308 e. The van der Waals surface area contributed by atoms with Gasteiger partial charge in [-0.05, 0) is 20.8 Å². The van der Waals surface area contributed by atoms with Gasteiger partial charge < -0.3 is 76.2 Å². The van der Waals surface area contributed by atoms with Crippen molar-refractivity contribution in [3.63, 3.8) is 0 Å². The van der Waals surface area contributed by atoms with Crippen molar-refractivity contribution >= 4 is 11.9 Å². The largest absolute Gasteiger partial charge is 0.481 e. The maximum atomic E-state index is 11.5. The minimum atomic E-state index is -0.866. The molecule has 0 aliphatic heterocycles. The normalized spacial score (nSPS) is 11.4. The van der Waals surface area contributed by atoms with E-state index in [0.29, 0.717) is 165 Å². The number of methoxy groups -OCH3 is 2. The predicted octanol–water partition coefficient (Wildman–Crippen LogP) is 1.67. The van der Waals surface area contributed by atoms with E-state index in [1.54, 1.807) is 14.2 Å². The molecule has 0 atom stereocenters. The lowest BCUT2D eigenvalue weighted by Gasteiger charge is -2.19. The zero-order valence-electron chi connectivity index (χ0n) is 33.7. The molecule has 18 nitrogen and oxygen atoms in total. The highest BCUT2D eigenvalue weighted by molar-refractivity contribution is 5.69. The number of carbonyl (C=O) groups is 2. The third-order valence-electron chi connectivity index (χ3n) is 5.91. The van der Waals surface area contributed by atoms with Crippen LogP contribution in [0.15, 0.2) is 0 Å². The monoisotopic (exact) mass is 792 g/mol. The fraction of sp³-hybridized carbons (Fsp3) is 0.944. The molecule has 0 aromatic rings. The van der Waals surface area contributed by atoms with Gasteiger partial charge in [0.05, 0.1) is 185 Å². The maximum absolute atomic E-state index is 11.5. The van der Waals surface area contributed by atoms with Crippen LogP contribution in [0.2, 0.25) is 0 Å². The Kier molecular flexibility index (Phi) is 46.2. The quantitative estimate of drug-likeness (QED) is 0.0693. The molecule has 0 rings (SSSR count). The summed E-state index contributed by atoms with van der Waals surface area (Å²) in [7, 11) is 3.28. The Morgan fingerprint density at radius 1 is 0.352 bits per heavy atom. The van der Waals surface area contributed by atoms with Crippen molar-refractivity contribution in [3.8, 4) is 0 Å². The van der Waals surface area contributed by atoms with Crippen molar-refractivity contribution in [3.05, 3.63) is 0 Å². The Hall–Kier alpha value is -1.62. The molecule has 0 fully saturated rings. The van der Waals surface area contributed by atoms with Crippen molar-refractivity contribution in [2.45, 2.75) is 39.2 Å². The number of ether oxygens (including phenoxy) is 15. The highest BCUT2D eigenvalue weighted by Gasteiger charge is 2.15. The highest BCUT2D eigenvalue weighted by Crippen LogP contribution is 2.08. The summed E-state index contributed by atoms with van der Waals surface area (Å²) in [4.78, 5) is 21.7. The van der Waals surface area contributed by atoms with Crippen LogP contribution in [0.4, 0.5) is 0 Å². The smallest absolute Gasteiger partial charge is 0.308 e. The molecule has 0 heterocycles. The SMILES string of the molecule is COCCOCCOCCOCCOCCOCCOCCC(=O)O.COCCOCCOCCOCCOCCOCCOCCC(=O)OC(C)(C)C. The average Bonchev–Trinajstić information content (AvgIpc) is 3.12. The first kappa shape index (κ1) is 54.5. The van der Waals surface area contributed by atoms with Gasteiger partial charge in [0.2, 0.25) is 0 Å². The van der Waals surface area contributed by atoms with Gasteiger partial charge in [-0.25, -0.2) is 0 Å². The van der Waals surface area contributed by atoms with Crippen LogP contribution in [0.25, 0.3) is 0 Å². The lowest BCUT2D eigenvalue weighted by Crippen LogP contribution is -2.24. The average molecular weight is 793 g/mol. The number of esters is 1. The van der Waals surface area contributed by atoms with Crippen LogP contribution in [0, 0.1) is 0 Å². The molecular formula is C36H72O18. The van der Waals surface area contributed by atoms with Crippen LogP contribution >= 0.6 is 0 Å². The summed E-state index contributed by atoms with van der Waals surface area (Å²) in [6.07, 6.45) is 0.254. The first-order valence-electron chi connectivity index (χ1n) is 18.6. The van der Waals surface area contributed by atoms with E-state index in [1.165, 1.54) is 0 Å². The zero-order valence-corrected chi connectivity index (χ0v) is 33.7. The van der Waals surface area contributed by atoms with E-state index in [-0.39, 0.29) is 25.4 Å². The zero-order chi connectivity index (χ0) is 40.1. The molecule has 1 N–H and O–H groups in total. The molecule has 0 aliphatic carbocycles. The Morgan fingerprint density at radius 3 is 0.759 bits per heavy atom. The van der Waals surface area contributed by atoms with Gasteiger partial charge in [0.1, 0.15) is 5.60 Å². The second-order valence-electron chi connectivity index (χ2n) is 11.8. The predicted molar refractivity (Wildman–Crippen MR) is 196 cm³/mol. The number of aliphatic carboxylic acids is 1. The molecule has 0 aromatic heterocycles. The lowest BCUT2D eigenvalue weighted by molar-refractivity contribution is -0.156. The third kappa shape index (κ3) is 54.7. The molecule has 18 heteroatoms. The van der Waals surface area contributed by atoms with Gasteiger partial charge in [0.15, 0.2) is 0 Å². The van der Waals surface area contributed by atoms with E-state index in [0.717, 1.165) is 0 Å². The van der Waals surface area contributed by atoms with E-state index in [4.69, 9.17) is 76.2 Å². The topological polar surface area (TPSA) is 193 Å². The third-order valence-corrected chi connectivity index (χ3v) is 5.91. The molecule has 0 radical (unpaired) electrons. The van der Waals surface area contributed by atoms with Crippen molar-refractivity contribution in [2.24, 2.45) is 0 Å². The first-order chi connectivity index (χ1) is 26.2. The number of carboxylic acid groups (broad SMARTS) is 1. The van der Waals surface area contributed by atoms with Crippen LogP contribution < -0.4 is 0 Å². The number of hydrogen-bond acceptors (Lipinski definition) is 17. The number of carboxylic acids is 1. The Bertz CT molecular complexity index is 756. The molecule has 0 aromatic carbocycles. The number of hydrogen-bond donors (Lipinski definition) is 1. The molecular weight excluding hydrogens is 720 g/mol. The molecule has 54 heavy (non-hydrogen) atoms. The van der Waals surface area contributed by atoms with E-state index in [2.05, 4.69) is 0 Å². The van der Waals surface area contributed by atoms with Crippen molar-refractivity contribution in [2.75, 3.05) is 186 Å². The van der Waals surface area contributed by atoms with Gasteiger partial charge >= 0.3 is 11.9 Å². The molecule has 0 bridgehead atoms. The van der Waals surface area contributed by atoms with Gasteiger partial charge in [0, 0.05) is 14.2 Å². The summed E-state index contributed by atoms with van der Waals surface area (Å²) in [6.45, 7) is 18.4. The molecule has 0 spiro atoms. The van der Waals surface area contributed by atoms with Gasteiger partial charge in [-0.1, -0.05) is 0 Å². The molecule has 0 saturated heterocycles. The molecule has 324 valence electrons. The van der Waals surface area contributed by atoms with E-state index in [1.807, 2.05) is 20.8 Å². The van der Waals surface area contributed by atoms with Crippen molar-refractivity contribution in [1.29, 1.82) is 0 Å². The Balaban J connectivity index is 0. The highest BCUT2D eigenvalue weighted by atomic mass is 16.6. The van der Waals surface area contributed by atoms with Crippen molar-refractivity contribution < 1.29 is 85.7 Å². The summed E-state index contributed by atoms with van der Waals surface area (Å²) in [5, 5.41) is 8.41. The fourth-order valence-electron chi connectivity index (χ4n) is 3.40. The lowest BCUT2D eigenvalue weighted by atomic mass is 10.2. The standard InChI is InChI=1S/C20H40O9.C16H32O9/c1-20(2,3)29-19(21)5-6-23-9-10-25-13-14-27-17-18-28-16-15-26-12-11-24-8-7-22-4;1-19-4-5-21-8-9-23-12-13-25-15-14-24-11-10-22-7-6-20-3-2-16(17)18/h5-18H2,1-4H3;2-15H2,1H3,(H,17,18). The Labute approximate surface area is 322 Å². The van der Waals surface area contributed by atoms with Crippen LogP contribution in [-0.2, 0) is 80.6 Å². The van der Waals surface area contributed by atoms with Crippen molar-refractivity contribution in [1.82, 2.24) is 0 Å². The molecule has 0 aliphatic rings. The molecule has 0 amide bonds. The summed E-state index contributed by atoms with van der Waals surface area (Å²) < 4.78 is 78.6. The molecule has 0 unspecified atom stereocenters. The second kappa shape index (κ2) is 45.8. The van der Waals surface area contributed by atoms with Crippen LogP contribution in [0.3, 0.4) is 0 Å². The number of rotatable bonds is 42. The van der Waals surface area contributed by atoms with E-state index < -0.39 is 11.6 Å². The first-order valence-corrected chi connectivity index (χ1v) is 18.6. The number of carbonyl (C=O) groups excluding carboxylic acids is 1. The Morgan fingerprint density at radius 2 is 0.556 bits per heavy atom. The molecule has 0 saturated carbocycles. The summed E-state index contributed by atoms with van der Waals surface area (Å²) in [5.41, 5.74) is -0.460. The van der Waals surface area contributed by atoms with Gasteiger partial charge in [0.25, 0.3) is 0 Å². The second-order valence-corrected chi connectivity index (χ2v) is 11.8. The summed E-state index contributed by atoms with van der Waals surface area (Å²) >= 11 is 0. The van der Waals surface area contributed by atoms with Gasteiger partial charge in [-0.3, -0.25) is 9.59 Å². The minimum Gasteiger partial charge on any atom is -0.481 e. The minimum absolute atomic E-state index is 0.0102. The summed E-state index contributed by atoms with van der Waals surface area (Å²) in [6, 6.07) is 0. The fourth-order valence-corrected chi connectivity index (χ4v) is 3.40. The van der Waals surface area contributed by atoms with Gasteiger partial charge in [-0.15, -0.1) is 0 Å². The van der Waals surface area contributed by atoms with E-state index in [9.17, 15) is 9.59 Å². The van der Waals surface area contributed by atoms with Gasteiger partial charge in [-0.2, -0.15) is 0 Å². The van der Waals surface area contributed by atoms with Crippen LogP contribution in [0.5, 0.6) is 0 Å². The van der Waals surface area contributed by atoms with E-state index >= 15 is 0 Å². The summed E-state index contributed by atoms with van der Waals surface area (Å²) in [5.74, 6) is -1.12. The van der Waals surface area contributed by atoms with Crippen LogP contribution in [0.1, 0.15) is 33.6 Å². The van der Waals surface area contributed by atoms with Crippen LogP contribution in [-0.4, -0.2) is 209 Å².